The molecule has 0 heterocycles. The van der Waals surface area contributed by atoms with Crippen molar-refractivity contribution >= 4 is 21.4 Å². The molecule has 2 aromatic carbocycles. The molecule has 0 aliphatic heterocycles. The summed E-state index contributed by atoms with van der Waals surface area (Å²) in [5.74, 6) is -0.317. The Labute approximate surface area is 153 Å². The van der Waals surface area contributed by atoms with E-state index in [1.54, 1.807) is 36.4 Å². The van der Waals surface area contributed by atoms with Crippen molar-refractivity contribution in [2.24, 2.45) is 5.73 Å². The number of aryl methyl sites for hydroxylation is 1. The molecule has 3 rings (SSSR count). The highest BCUT2D eigenvalue weighted by atomic mass is 35.5. The summed E-state index contributed by atoms with van der Waals surface area (Å²) < 4.78 is 31.8. The average Bonchev–Trinajstić information content (AvgIpc) is 3.21. The first-order valence-electron chi connectivity index (χ1n) is 8.23. The summed E-state index contributed by atoms with van der Waals surface area (Å²) in [4.78, 5) is 0.297. The minimum atomic E-state index is -3.57. The Kier molecular flexibility index (Phi) is 4.95. The standard InChI is InChI=1S/C19H22ClNO3S/c1-3-24-12-19(21)17(14-6-8-15(20)9-7-14)18(19)25(22,23)16-10-4-13(2)5-11-16/h4-11,17-18H,3,12,21H2,1-2H3/t17-,18-,19+/m1/s1. The Morgan fingerprint density at radius 1 is 1.12 bits per heavy atom. The predicted molar refractivity (Wildman–Crippen MR) is 99.8 cm³/mol. The maximum atomic E-state index is 13.2. The van der Waals surface area contributed by atoms with Crippen LogP contribution in [0.5, 0.6) is 0 Å². The highest BCUT2D eigenvalue weighted by molar-refractivity contribution is 7.92. The first kappa shape index (κ1) is 18.4. The second-order valence-electron chi connectivity index (χ2n) is 6.56. The number of nitrogens with two attached hydrogens (primary N) is 1. The van der Waals surface area contributed by atoms with Gasteiger partial charge in [-0.2, -0.15) is 0 Å². The normalized spacial score (nSPS) is 25.8. The molecule has 6 heteroatoms. The van der Waals surface area contributed by atoms with Gasteiger partial charge >= 0.3 is 0 Å². The number of benzene rings is 2. The molecule has 0 saturated heterocycles. The van der Waals surface area contributed by atoms with Gasteiger partial charge in [0.05, 0.1) is 22.3 Å². The molecule has 0 radical (unpaired) electrons. The van der Waals surface area contributed by atoms with Crippen LogP contribution in [0.4, 0.5) is 0 Å². The van der Waals surface area contributed by atoms with Crippen LogP contribution in [0.2, 0.25) is 5.02 Å². The highest BCUT2D eigenvalue weighted by Gasteiger charge is 2.69. The van der Waals surface area contributed by atoms with Gasteiger partial charge in [0.25, 0.3) is 0 Å². The van der Waals surface area contributed by atoms with Gasteiger partial charge < -0.3 is 10.5 Å². The zero-order chi connectivity index (χ0) is 18.2. The van der Waals surface area contributed by atoms with E-state index in [-0.39, 0.29) is 12.5 Å². The number of halogens is 1. The van der Waals surface area contributed by atoms with Gasteiger partial charge in [0, 0.05) is 17.5 Å². The Morgan fingerprint density at radius 3 is 2.28 bits per heavy atom. The largest absolute Gasteiger partial charge is 0.380 e. The third-order valence-electron chi connectivity index (χ3n) is 4.77. The highest BCUT2D eigenvalue weighted by Crippen LogP contribution is 2.55. The van der Waals surface area contributed by atoms with Crippen LogP contribution >= 0.6 is 11.6 Å². The summed E-state index contributed by atoms with van der Waals surface area (Å²) >= 11 is 5.95. The molecule has 0 amide bonds. The molecular weight excluding hydrogens is 358 g/mol. The monoisotopic (exact) mass is 379 g/mol. The number of rotatable bonds is 6. The molecule has 0 spiro atoms. The molecule has 3 atom stereocenters. The van der Waals surface area contributed by atoms with E-state index < -0.39 is 20.6 Å². The van der Waals surface area contributed by atoms with Crippen LogP contribution in [-0.4, -0.2) is 32.4 Å². The summed E-state index contributed by atoms with van der Waals surface area (Å²) in [6.07, 6.45) is 0. The van der Waals surface area contributed by atoms with Crippen LogP contribution < -0.4 is 5.73 Å². The zero-order valence-corrected chi connectivity index (χ0v) is 15.8. The van der Waals surface area contributed by atoms with E-state index in [9.17, 15) is 8.42 Å². The van der Waals surface area contributed by atoms with Crippen LogP contribution in [0.25, 0.3) is 0 Å². The summed E-state index contributed by atoms with van der Waals surface area (Å²) in [6, 6.07) is 14.1. The molecule has 1 fully saturated rings. The first-order chi connectivity index (χ1) is 11.8. The maximum Gasteiger partial charge on any atom is 0.183 e. The molecule has 1 aliphatic carbocycles. The predicted octanol–water partition coefficient (Wildman–Crippen LogP) is 3.32. The Hall–Kier alpha value is -1.40. The average molecular weight is 380 g/mol. The molecule has 4 nitrogen and oxygen atoms in total. The van der Waals surface area contributed by atoms with Crippen LogP contribution in [0.1, 0.15) is 24.0 Å². The quantitative estimate of drug-likeness (QED) is 0.835. The van der Waals surface area contributed by atoms with Gasteiger partial charge in [-0.1, -0.05) is 41.4 Å². The second-order valence-corrected chi connectivity index (χ2v) is 9.06. The van der Waals surface area contributed by atoms with E-state index in [1.165, 1.54) is 0 Å². The van der Waals surface area contributed by atoms with Crippen LogP contribution in [-0.2, 0) is 14.6 Å². The van der Waals surface area contributed by atoms with Gasteiger partial charge in [0.1, 0.15) is 0 Å². The molecular formula is C19H22ClNO3S. The van der Waals surface area contributed by atoms with E-state index >= 15 is 0 Å². The zero-order valence-electron chi connectivity index (χ0n) is 14.3. The fourth-order valence-electron chi connectivity index (χ4n) is 3.37. The van der Waals surface area contributed by atoms with Crippen LogP contribution in [0.3, 0.4) is 0 Å². The molecule has 2 N–H and O–H groups in total. The fourth-order valence-corrected chi connectivity index (χ4v) is 5.79. The Morgan fingerprint density at radius 2 is 1.72 bits per heavy atom. The Balaban J connectivity index is 1.99. The molecule has 0 aromatic heterocycles. The SMILES string of the molecule is CCOC[C@]1(N)[C@H](c2ccc(Cl)cc2)[C@H]1S(=O)(=O)c1ccc(C)cc1. The lowest BCUT2D eigenvalue weighted by Crippen LogP contribution is -2.36. The fraction of sp³-hybridized carbons (Fsp3) is 0.368. The summed E-state index contributed by atoms with van der Waals surface area (Å²) in [5.41, 5.74) is 7.45. The molecule has 0 unspecified atom stereocenters. The van der Waals surface area contributed by atoms with Gasteiger partial charge in [-0.3, -0.25) is 0 Å². The molecule has 1 saturated carbocycles. The van der Waals surface area contributed by atoms with E-state index in [0.717, 1.165) is 11.1 Å². The number of hydrogen-bond donors (Lipinski definition) is 1. The first-order valence-corrected chi connectivity index (χ1v) is 10.2. The smallest absolute Gasteiger partial charge is 0.183 e. The van der Waals surface area contributed by atoms with Crippen molar-refractivity contribution < 1.29 is 13.2 Å². The van der Waals surface area contributed by atoms with Gasteiger partial charge in [-0.25, -0.2) is 8.42 Å². The summed E-state index contributed by atoms with van der Waals surface area (Å²) in [6.45, 7) is 4.48. The van der Waals surface area contributed by atoms with E-state index in [1.807, 2.05) is 26.0 Å². The molecule has 1 aliphatic rings. The topological polar surface area (TPSA) is 69.4 Å². The lowest BCUT2D eigenvalue weighted by atomic mass is 10.1. The number of sulfone groups is 1. The van der Waals surface area contributed by atoms with Crippen LogP contribution in [0.15, 0.2) is 53.4 Å². The van der Waals surface area contributed by atoms with Crippen LogP contribution in [0, 0.1) is 6.92 Å². The van der Waals surface area contributed by atoms with Crippen molar-refractivity contribution in [3.05, 3.63) is 64.7 Å². The van der Waals surface area contributed by atoms with Crippen molar-refractivity contribution in [3.8, 4) is 0 Å². The summed E-state index contributed by atoms with van der Waals surface area (Å²) in [5, 5.41) is -0.106. The Bertz CT molecular complexity index is 849. The van der Waals surface area contributed by atoms with E-state index in [4.69, 9.17) is 22.1 Å². The lowest BCUT2D eigenvalue weighted by molar-refractivity contribution is 0.125. The minimum absolute atomic E-state index is 0.201. The molecule has 134 valence electrons. The van der Waals surface area contributed by atoms with Gasteiger partial charge in [0.15, 0.2) is 9.84 Å². The molecule has 0 bridgehead atoms. The molecule has 25 heavy (non-hydrogen) atoms. The third-order valence-corrected chi connectivity index (χ3v) is 7.33. The minimum Gasteiger partial charge on any atom is -0.380 e. The number of hydrogen-bond acceptors (Lipinski definition) is 4. The third kappa shape index (κ3) is 3.34. The van der Waals surface area contributed by atoms with Crippen molar-refractivity contribution in [1.29, 1.82) is 0 Å². The van der Waals surface area contributed by atoms with Crippen molar-refractivity contribution in [2.45, 2.75) is 35.4 Å². The van der Waals surface area contributed by atoms with Crippen molar-refractivity contribution in [2.75, 3.05) is 13.2 Å². The summed E-state index contributed by atoms with van der Waals surface area (Å²) in [7, 11) is -3.57. The van der Waals surface area contributed by atoms with Crippen molar-refractivity contribution in [3.63, 3.8) is 0 Å². The van der Waals surface area contributed by atoms with E-state index in [2.05, 4.69) is 0 Å². The number of ether oxygens (including phenoxy) is 1. The second kappa shape index (κ2) is 6.72. The van der Waals surface area contributed by atoms with Crippen molar-refractivity contribution in [1.82, 2.24) is 0 Å². The molecule has 2 aromatic rings. The van der Waals surface area contributed by atoms with Gasteiger partial charge in [-0.05, 0) is 43.7 Å². The lowest BCUT2D eigenvalue weighted by Gasteiger charge is -2.12. The van der Waals surface area contributed by atoms with Gasteiger partial charge in [0.2, 0.25) is 0 Å². The van der Waals surface area contributed by atoms with Gasteiger partial charge in [-0.15, -0.1) is 0 Å². The van der Waals surface area contributed by atoms with E-state index in [0.29, 0.717) is 16.5 Å². The maximum absolute atomic E-state index is 13.2.